The van der Waals surface area contributed by atoms with Gasteiger partial charge in [0, 0.05) is 13.0 Å². The number of nitrogens with one attached hydrogen (secondary N) is 1. The highest BCUT2D eigenvalue weighted by Crippen LogP contribution is 2.19. The van der Waals surface area contributed by atoms with E-state index < -0.39 is 0 Å². The molecule has 19 heavy (non-hydrogen) atoms. The molecule has 1 nitrogen and oxygen atoms in total. The number of hydrogen-bond donors (Lipinski definition) is 1. The van der Waals surface area contributed by atoms with Gasteiger partial charge in [-0.15, -0.1) is 12.3 Å². The fraction of sp³-hybridized carbons (Fsp3) is 0.222. The molecule has 0 aromatic heterocycles. The van der Waals surface area contributed by atoms with E-state index in [2.05, 4.69) is 59.8 Å². The highest BCUT2D eigenvalue weighted by molar-refractivity contribution is 5.63. The summed E-state index contributed by atoms with van der Waals surface area (Å²) in [5.41, 5.74) is 3.83. The van der Waals surface area contributed by atoms with Crippen molar-refractivity contribution >= 4 is 0 Å². The van der Waals surface area contributed by atoms with E-state index in [1.54, 1.807) is 0 Å². The van der Waals surface area contributed by atoms with Crippen molar-refractivity contribution in [2.24, 2.45) is 0 Å². The van der Waals surface area contributed by atoms with Crippen molar-refractivity contribution in [2.45, 2.75) is 19.4 Å². The summed E-state index contributed by atoms with van der Waals surface area (Å²) < 4.78 is 0. The van der Waals surface area contributed by atoms with Crippen LogP contribution in [-0.2, 0) is 6.54 Å². The highest BCUT2D eigenvalue weighted by Gasteiger charge is 1.97. The molecule has 0 spiro atoms. The molecule has 0 bridgehead atoms. The van der Waals surface area contributed by atoms with Gasteiger partial charge in [0.05, 0.1) is 0 Å². The number of rotatable bonds is 6. The minimum absolute atomic E-state index is 0.847. The van der Waals surface area contributed by atoms with Crippen LogP contribution in [-0.4, -0.2) is 6.54 Å². The van der Waals surface area contributed by atoms with Crippen molar-refractivity contribution in [1.82, 2.24) is 5.32 Å². The maximum Gasteiger partial charge on any atom is 0.0205 e. The average molecular weight is 249 g/mol. The van der Waals surface area contributed by atoms with Gasteiger partial charge < -0.3 is 5.32 Å². The van der Waals surface area contributed by atoms with E-state index in [4.69, 9.17) is 6.42 Å². The van der Waals surface area contributed by atoms with Gasteiger partial charge in [-0.25, -0.2) is 0 Å². The lowest BCUT2D eigenvalue weighted by Gasteiger charge is -2.06. The largest absolute Gasteiger partial charge is 0.313 e. The maximum absolute atomic E-state index is 5.22. The Morgan fingerprint density at radius 2 is 1.58 bits per heavy atom. The molecular formula is C18H19N. The van der Waals surface area contributed by atoms with E-state index in [1.165, 1.54) is 16.7 Å². The zero-order valence-corrected chi connectivity index (χ0v) is 11.1. The second-order valence-electron chi connectivity index (χ2n) is 4.55. The number of hydrogen-bond acceptors (Lipinski definition) is 1. The number of terminal acetylenes is 1. The third-order valence-electron chi connectivity index (χ3n) is 3.06. The summed E-state index contributed by atoms with van der Waals surface area (Å²) in [6, 6.07) is 19.1. The molecule has 0 aliphatic carbocycles. The van der Waals surface area contributed by atoms with Gasteiger partial charge in [0.25, 0.3) is 0 Å². The zero-order valence-electron chi connectivity index (χ0n) is 11.1. The van der Waals surface area contributed by atoms with Crippen molar-refractivity contribution in [1.29, 1.82) is 0 Å². The molecule has 0 aliphatic heterocycles. The summed E-state index contributed by atoms with van der Waals surface area (Å²) in [5, 5.41) is 3.40. The molecule has 1 heteroatoms. The number of benzene rings is 2. The SMILES string of the molecule is C#CCCCNCc1ccc(-c2ccccc2)cc1. The predicted molar refractivity (Wildman–Crippen MR) is 81.7 cm³/mol. The van der Waals surface area contributed by atoms with Crippen LogP contribution in [0, 0.1) is 12.3 Å². The van der Waals surface area contributed by atoms with E-state index in [9.17, 15) is 0 Å². The van der Waals surface area contributed by atoms with Gasteiger partial charge in [-0.2, -0.15) is 0 Å². The Morgan fingerprint density at radius 1 is 0.895 bits per heavy atom. The van der Waals surface area contributed by atoms with Crippen LogP contribution >= 0.6 is 0 Å². The first-order valence-corrected chi connectivity index (χ1v) is 6.68. The number of unbranched alkanes of at least 4 members (excludes halogenated alkanes) is 1. The molecule has 96 valence electrons. The van der Waals surface area contributed by atoms with Gasteiger partial charge in [0.1, 0.15) is 0 Å². The molecule has 0 unspecified atom stereocenters. The van der Waals surface area contributed by atoms with E-state index in [0.29, 0.717) is 0 Å². The van der Waals surface area contributed by atoms with Crippen LogP contribution < -0.4 is 5.32 Å². The van der Waals surface area contributed by atoms with Gasteiger partial charge in [0.2, 0.25) is 0 Å². The molecule has 1 N–H and O–H groups in total. The Labute approximate surface area is 115 Å². The van der Waals surface area contributed by atoms with E-state index in [0.717, 1.165) is 25.9 Å². The summed E-state index contributed by atoms with van der Waals surface area (Å²) in [6.45, 7) is 1.88. The fourth-order valence-corrected chi connectivity index (χ4v) is 1.99. The third kappa shape index (κ3) is 4.28. The van der Waals surface area contributed by atoms with Crippen molar-refractivity contribution in [3.8, 4) is 23.5 Å². The minimum Gasteiger partial charge on any atom is -0.313 e. The Kier molecular flexibility index (Phi) is 5.22. The molecule has 2 rings (SSSR count). The molecule has 2 aromatic carbocycles. The topological polar surface area (TPSA) is 12.0 Å². The van der Waals surface area contributed by atoms with E-state index in [1.807, 2.05) is 6.07 Å². The van der Waals surface area contributed by atoms with E-state index in [-0.39, 0.29) is 0 Å². The van der Waals surface area contributed by atoms with Gasteiger partial charge in [-0.1, -0.05) is 54.6 Å². The normalized spacial score (nSPS) is 10.1. The molecule has 2 aromatic rings. The quantitative estimate of drug-likeness (QED) is 0.605. The lowest BCUT2D eigenvalue weighted by atomic mass is 10.0. The summed E-state index contributed by atoms with van der Waals surface area (Å²) in [7, 11) is 0. The maximum atomic E-state index is 5.22. The Hall–Kier alpha value is -2.04. The Bertz CT molecular complexity index is 520. The minimum atomic E-state index is 0.847. The van der Waals surface area contributed by atoms with Gasteiger partial charge in [0.15, 0.2) is 0 Å². The molecule has 0 aliphatic rings. The van der Waals surface area contributed by atoms with Crippen LogP contribution in [0.3, 0.4) is 0 Å². The Balaban J connectivity index is 1.87. The van der Waals surface area contributed by atoms with Crippen LogP contribution in [0.15, 0.2) is 54.6 Å². The van der Waals surface area contributed by atoms with Crippen molar-refractivity contribution in [2.75, 3.05) is 6.54 Å². The first kappa shape index (κ1) is 13.4. The molecule has 0 fully saturated rings. The predicted octanol–water partition coefficient (Wildman–Crippen LogP) is 3.86. The summed E-state index contributed by atoms with van der Waals surface area (Å²) in [5.74, 6) is 2.65. The van der Waals surface area contributed by atoms with Crippen molar-refractivity contribution in [3.05, 3.63) is 60.2 Å². The van der Waals surface area contributed by atoms with Gasteiger partial charge in [-0.3, -0.25) is 0 Å². The lowest BCUT2D eigenvalue weighted by molar-refractivity contribution is 0.659. The fourth-order valence-electron chi connectivity index (χ4n) is 1.99. The highest BCUT2D eigenvalue weighted by atomic mass is 14.8. The molecule has 0 radical (unpaired) electrons. The summed E-state index contributed by atoms with van der Waals surface area (Å²) in [6.07, 6.45) is 7.10. The average Bonchev–Trinajstić information content (AvgIpc) is 2.49. The second-order valence-corrected chi connectivity index (χ2v) is 4.55. The third-order valence-corrected chi connectivity index (χ3v) is 3.06. The van der Waals surface area contributed by atoms with Crippen LogP contribution in [0.2, 0.25) is 0 Å². The molecule has 0 atom stereocenters. The first-order valence-electron chi connectivity index (χ1n) is 6.68. The standard InChI is InChI=1S/C18H19N/c1-2-3-7-14-19-15-16-10-12-18(13-11-16)17-8-5-4-6-9-17/h1,4-6,8-13,19H,3,7,14-15H2. The van der Waals surface area contributed by atoms with E-state index >= 15 is 0 Å². The summed E-state index contributed by atoms with van der Waals surface area (Å²) >= 11 is 0. The molecule has 0 amide bonds. The first-order chi connectivity index (χ1) is 9.40. The monoisotopic (exact) mass is 249 g/mol. The second kappa shape index (κ2) is 7.41. The van der Waals surface area contributed by atoms with Gasteiger partial charge in [-0.05, 0) is 29.7 Å². The smallest absolute Gasteiger partial charge is 0.0205 e. The van der Waals surface area contributed by atoms with Crippen LogP contribution in [0.1, 0.15) is 18.4 Å². The molecular weight excluding hydrogens is 230 g/mol. The molecule has 0 saturated heterocycles. The Morgan fingerprint density at radius 3 is 2.26 bits per heavy atom. The van der Waals surface area contributed by atoms with Crippen LogP contribution in [0.5, 0.6) is 0 Å². The summed E-state index contributed by atoms with van der Waals surface area (Å²) in [4.78, 5) is 0. The van der Waals surface area contributed by atoms with Gasteiger partial charge >= 0.3 is 0 Å². The van der Waals surface area contributed by atoms with Crippen molar-refractivity contribution < 1.29 is 0 Å². The molecule has 0 saturated carbocycles. The lowest BCUT2D eigenvalue weighted by Crippen LogP contribution is -2.14. The van der Waals surface area contributed by atoms with Crippen LogP contribution in [0.25, 0.3) is 11.1 Å². The molecule has 0 heterocycles. The zero-order chi connectivity index (χ0) is 13.3. The van der Waals surface area contributed by atoms with Crippen molar-refractivity contribution in [3.63, 3.8) is 0 Å². The van der Waals surface area contributed by atoms with Crippen LogP contribution in [0.4, 0.5) is 0 Å².